The average molecular weight is 468 g/mol. The highest BCUT2D eigenvalue weighted by Crippen LogP contribution is 2.46. The maximum absolute atomic E-state index is 14.8. The Morgan fingerprint density at radius 3 is 2.62 bits per heavy atom. The van der Waals surface area contributed by atoms with E-state index in [0.717, 1.165) is 11.1 Å². The summed E-state index contributed by atoms with van der Waals surface area (Å²) >= 11 is 0. The van der Waals surface area contributed by atoms with Crippen molar-refractivity contribution in [1.82, 2.24) is 4.98 Å². The first-order chi connectivity index (χ1) is 16.2. The Morgan fingerprint density at radius 1 is 1.24 bits per heavy atom. The summed E-state index contributed by atoms with van der Waals surface area (Å²) in [5.74, 6) is -5.40. The van der Waals surface area contributed by atoms with E-state index in [2.05, 4.69) is 15.3 Å². The van der Waals surface area contributed by atoms with Crippen LogP contribution in [-0.2, 0) is 4.79 Å². The average Bonchev–Trinajstić information content (AvgIpc) is 3.57. The lowest BCUT2D eigenvalue weighted by Crippen LogP contribution is -2.22. The molecule has 6 nitrogen and oxygen atoms in total. The van der Waals surface area contributed by atoms with Gasteiger partial charge in [-0.25, -0.2) is 8.78 Å². The number of ether oxygens (including phenoxy) is 1. The molecule has 4 rings (SSSR count). The van der Waals surface area contributed by atoms with Gasteiger partial charge in [0, 0.05) is 48.1 Å². The van der Waals surface area contributed by atoms with E-state index < -0.39 is 40.2 Å². The number of fused-ring (bicyclic) bond motifs is 1. The van der Waals surface area contributed by atoms with E-state index in [0.29, 0.717) is 35.4 Å². The smallest absolute Gasteiger partial charge is 0.230 e. The Bertz CT molecular complexity index is 1360. The summed E-state index contributed by atoms with van der Waals surface area (Å²) < 4.78 is 49.8. The third-order valence-electron chi connectivity index (χ3n) is 5.93. The number of allylic oxidation sites excluding steroid dienone is 1. The molecule has 0 bridgehead atoms. The van der Waals surface area contributed by atoms with Crippen molar-refractivity contribution in [3.8, 4) is 11.5 Å². The summed E-state index contributed by atoms with van der Waals surface area (Å²) in [5.41, 5.74) is 7.22. The summed E-state index contributed by atoms with van der Waals surface area (Å²) in [4.78, 5) is 20.5. The first kappa shape index (κ1) is 23.3. The van der Waals surface area contributed by atoms with Gasteiger partial charge in [0.15, 0.2) is 11.6 Å². The van der Waals surface area contributed by atoms with Crippen molar-refractivity contribution >= 4 is 34.3 Å². The third-order valence-corrected chi connectivity index (χ3v) is 5.93. The Morgan fingerprint density at radius 2 is 1.97 bits per heavy atom. The largest absolute Gasteiger partial charge is 0.450 e. The molecule has 9 heteroatoms. The van der Waals surface area contributed by atoms with Crippen LogP contribution in [0.3, 0.4) is 0 Å². The molecule has 34 heavy (non-hydrogen) atoms. The first-order valence-electron chi connectivity index (χ1n) is 10.6. The van der Waals surface area contributed by atoms with Crippen molar-refractivity contribution < 1.29 is 22.7 Å². The van der Waals surface area contributed by atoms with Crippen LogP contribution in [-0.4, -0.2) is 24.2 Å². The number of aromatic nitrogens is 1. The highest BCUT2D eigenvalue weighted by atomic mass is 19.2. The number of amides is 1. The van der Waals surface area contributed by atoms with Crippen molar-refractivity contribution in [2.45, 2.75) is 26.7 Å². The molecular weight excluding hydrogens is 445 g/mol. The summed E-state index contributed by atoms with van der Waals surface area (Å²) in [6.07, 6.45) is 5.70. The lowest BCUT2D eigenvalue weighted by molar-refractivity contribution is -0.120. The van der Waals surface area contributed by atoms with E-state index in [1.54, 1.807) is 32.3 Å². The van der Waals surface area contributed by atoms with Gasteiger partial charge in [-0.05, 0) is 49.1 Å². The van der Waals surface area contributed by atoms with Crippen LogP contribution in [0.2, 0.25) is 0 Å². The zero-order chi connectivity index (χ0) is 24.6. The number of halogens is 3. The number of carbonyl (C=O) groups is 1. The van der Waals surface area contributed by atoms with E-state index in [1.807, 2.05) is 6.92 Å². The first-order valence-corrected chi connectivity index (χ1v) is 10.6. The van der Waals surface area contributed by atoms with Crippen LogP contribution in [0.5, 0.6) is 11.5 Å². The summed E-state index contributed by atoms with van der Waals surface area (Å²) in [6, 6.07) is 5.63. The van der Waals surface area contributed by atoms with Crippen LogP contribution in [0.25, 0.3) is 16.5 Å². The zero-order valence-corrected chi connectivity index (χ0v) is 18.9. The number of pyridine rings is 1. The molecule has 1 heterocycles. The van der Waals surface area contributed by atoms with Crippen LogP contribution in [0.4, 0.5) is 18.9 Å². The standard InChI is InChI=1S/C25H23F3N4O2/c1-13-8-16-18(9-15(13)14(11-29)12-30-3)31-7-4-20(16)34-23-17(26)10-19(21(27)22(23)28)32-24(33)25(2)5-6-25/h4,7-12H,5-6,29H2,1-3H3,(H,32,33). The molecule has 1 fully saturated rings. The van der Waals surface area contributed by atoms with Gasteiger partial charge < -0.3 is 15.8 Å². The predicted octanol–water partition coefficient (Wildman–Crippen LogP) is 5.49. The van der Waals surface area contributed by atoms with Gasteiger partial charge in [0.05, 0.1) is 11.2 Å². The number of nitrogens with zero attached hydrogens (tertiary/aromatic N) is 2. The molecule has 0 spiro atoms. The SMILES string of the molecule is CN=CC(=CN)c1cc2nccc(Oc3c(F)cc(NC(=O)C4(C)CC4)c(F)c3F)c2cc1C. The molecule has 3 N–H and O–H groups in total. The second kappa shape index (κ2) is 8.81. The van der Waals surface area contributed by atoms with Gasteiger partial charge in [0.1, 0.15) is 5.75 Å². The molecule has 1 amide bonds. The fraction of sp³-hybridized carbons (Fsp3) is 0.240. The topological polar surface area (TPSA) is 89.6 Å². The van der Waals surface area contributed by atoms with Gasteiger partial charge >= 0.3 is 0 Å². The Hall–Kier alpha value is -3.88. The fourth-order valence-corrected chi connectivity index (χ4v) is 3.58. The number of anilines is 1. The van der Waals surface area contributed by atoms with Crippen LogP contribution in [0.1, 0.15) is 30.9 Å². The number of hydrogen-bond donors (Lipinski definition) is 2. The van der Waals surface area contributed by atoms with Gasteiger partial charge in [-0.3, -0.25) is 14.8 Å². The van der Waals surface area contributed by atoms with E-state index in [1.165, 1.54) is 18.5 Å². The van der Waals surface area contributed by atoms with E-state index in [-0.39, 0.29) is 5.75 Å². The highest BCUT2D eigenvalue weighted by Gasteiger charge is 2.45. The van der Waals surface area contributed by atoms with Crippen LogP contribution in [0, 0.1) is 29.8 Å². The Kier molecular flexibility index (Phi) is 6.03. The predicted molar refractivity (Wildman–Crippen MR) is 125 cm³/mol. The number of benzene rings is 2. The normalized spacial score (nSPS) is 15.1. The van der Waals surface area contributed by atoms with Gasteiger partial charge in [0.2, 0.25) is 17.5 Å². The maximum atomic E-state index is 14.8. The number of nitrogens with two attached hydrogens (primary N) is 1. The van der Waals surface area contributed by atoms with Crippen molar-refractivity contribution in [3.05, 3.63) is 65.2 Å². The molecule has 1 aliphatic rings. The molecular formula is C25H23F3N4O2. The van der Waals surface area contributed by atoms with Crippen molar-refractivity contribution in [3.63, 3.8) is 0 Å². The van der Waals surface area contributed by atoms with Gasteiger partial charge in [-0.15, -0.1) is 0 Å². The van der Waals surface area contributed by atoms with Crippen LogP contribution < -0.4 is 15.8 Å². The molecule has 3 aromatic rings. The minimum absolute atomic E-state index is 0.0848. The number of aryl methyl sites for hydroxylation is 1. The van der Waals surface area contributed by atoms with E-state index in [4.69, 9.17) is 10.5 Å². The molecule has 0 unspecified atom stereocenters. The van der Waals surface area contributed by atoms with Crippen molar-refractivity contribution in [1.29, 1.82) is 0 Å². The van der Waals surface area contributed by atoms with Gasteiger partial charge in [-0.2, -0.15) is 4.39 Å². The number of hydrogen-bond acceptors (Lipinski definition) is 5. The number of carbonyl (C=O) groups excluding carboxylic acids is 1. The minimum Gasteiger partial charge on any atom is -0.450 e. The maximum Gasteiger partial charge on any atom is 0.230 e. The molecule has 2 aromatic carbocycles. The molecule has 176 valence electrons. The monoisotopic (exact) mass is 468 g/mol. The van der Waals surface area contributed by atoms with Gasteiger partial charge in [-0.1, -0.05) is 6.92 Å². The van der Waals surface area contributed by atoms with Crippen LogP contribution >= 0.6 is 0 Å². The highest BCUT2D eigenvalue weighted by molar-refractivity contribution is 6.11. The Balaban J connectivity index is 1.72. The van der Waals surface area contributed by atoms with E-state index >= 15 is 0 Å². The Labute approximate surface area is 194 Å². The molecule has 0 aliphatic heterocycles. The fourth-order valence-electron chi connectivity index (χ4n) is 3.58. The summed E-state index contributed by atoms with van der Waals surface area (Å²) in [6.45, 7) is 3.53. The second-order valence-electron chi connectivity index (χ2n) is 8.48. The van der Waals surface area contributed by atoms with Crippen molar-refractivity contribution in [2.24, 2.45) is 16.1 Å². The molecule has 0 atom stereocenters. The molecule has 1 aromatic heterocycles. The number of nitrogens with one attached hydrogen (secondary N) is 1. The lowest BCUT2D eigenvalue weighted by atomic mass is 9.99. The summed E-state index contributed by atoms with van der Waals surface area (Å²) in [7, 11) is 1.62. The summed E-state index contributed by atoms with van der Waals surface area (Å²) in [5, 5.41) is 2.73. The molecule has 1 saturated carbocycles. The minimum atomic E-state index is -1.54. The number of aliphatic imine (C=N–C) groups is 1. The van der Waals surface area contributed by atoms with Crippen molar-refractivity contribution in [2.75, 3.05) is 12.4 Å². The molecule has 0 radical (unpaired) electrons. The van der Waals surface area contributed by atoms with Crippen LogP contribution in [0.15, 0.2) is 41.7 Å². The zero-order valence-electron chi connectivity index (χ0n) is 18.9. The van der Waals surface area contributed by atoms with E-state index in [9.17, 15) is 18.0 Å². The quantitative estimate of drug-likeness (QED) is 0.370. The second-order valence-corrected chi connectivity index (χ2v) is 8.48. The molecule has 0 saturated heterocycles. The van der Waals surface area contributed by atoms with Gasteiger partial charge in [0.25, 0.3) is 0 Å². The number of rotatable bonds is 6. The lowest BCUT2D eigenvalue weighted by Gasteiger charge is -2.15. The molecule has 1 aliphatic carbocycles. The third kappa shape index (κ3) is 4.21.